The molecule has 0 saturated carbocycles. The van der Waals surface area contributed by atoms with Crippen LogP contribution in [0.2, 0.25) is 0 Å². The molecule has 0 bridgehead atoms. The largest absolute Gasteiger partial charge is 0.394 e. The molecular formula is C9H15N3O2. The van der Waals surface area contributed by atoms with Crippen LogP contribution >= 0.6 is 0 Å². The van der Waals surface area contributed by atoms with Gasteiger partial charge in [0.25, 0.3) is 0 Å². The molecule has 1 aromatic rings. The Labute approximate surface area is 82.8 Å². The van der Waals surface area contributed by atoms with E-state index in [1.807, 2.05) is 13.0 Å². The molecule has 1 heterocycles. The second-order valence-electron chi connectivity index (χ2n) is 3.06. The molecule has 1 rings (SSSR count). The van der Waals surface area contributed by atoms with Crippen LogP contribution in [0.5, 0.6) is 0 Å². The van der Waals surface area contributed by atoms with E-state index in [0.29, 0.717) is 13.1 Å². The molecule has 0 radical (unpaired) electrons. The molecule has 0 saturated heterocycles. The summed E-state index contributed by atoms with van der Waals surface area (Å²) in [6, 6.07) is 1.81. The third-order valence-corrected chi connectivity index (χ3v) is 1.73. The van der Waals surface area contributed by atoms with Crippen molar-refractivity contribution in [1.29, 1.82) is 0 Å². The van der Waals surface area contributed by atoms with Gasteiger partial charge in [-0.2, -0.15) is 0 Å². The van der Waals surface area contributed by atoms with E-state index in [1.54, 1.807) is 6.20 Å². The number of nitrogens with one attached hydrogen (secondary N) is 1. The summed E-state index contributed by atoms with van der Waals surface area (Å²) >= 11 is 0. The Morgan fingerprint density at radius 2 is 2.36 bits per heavy atom. The highest BCUT2D eigenvalue weighted by Crippen LogP contribution is 1.93. The van der Waals surface area contributed by atoms with Gasteiger partial charge in [0.15, 0.2) is 0 Å². The number of aliphatic hydroxyl groups excluding tert-OH is 2. The standard InChI is InChI=1S/C9H15N3O2/c1-7-11-3-2-8(12-7)4-10-5-9(14)6-13/h2-3,9-10,13-14H,4-6H2,1H3/t9-/m0/s1. The first kappa shape index (κ1) is 11.0. The summed E-state index contributed by atoms with van der Waals surface area (Å²) < 4.78 is 0. The van der Waals surface area contributed by atoms with Gasteiger partial charge in [-0.1, -0.05) is 0 Å². The first-order chi connectivity index (χ1) is 6.72. The Kier molecular flexibility index (Phi) is 4.45. The van der Waals surface area contributed by atoms with E-state index in [0.717, 1.165) is 11.5 Å². The summed E-state index contributed by atoms with van der Waals surface area (Å²) in [5.74, 6) is 0.729. The van der Waals surface area contributed by atoms with Gasteiger partial charge in [0.1, 0.15) is 5.82 Å². The molecule has 5 heteroatoms. The van der Waals surface area contributed by atoms with Crippen molar-refractivity contribution in [3.8, 4) is 0 Å². The molecule has 0 amide bonds. The van der Waals surface area contributed by atoms with Crippen molar-refractivity contribution in [2.45, 2.75) is 19.6 Å². The Bertz CT molecular complexity index is 281. The maximum absolute atomic E-state index is 9.05. The van der Waals surface area contributed by atoms with E-state index in [1.165, 1.54) is 0 Å². The second kappa shape index (κ2) is 5.64. The molecule has 14 heavy (non-hydrogen) atoms. The number of rotatable bonds is 5. The van der Waals surface area contributed by atoms with E-state index >= 15 is 0 Å². The zero-order valence-electron chi connectivity index (χ0n) is 8.14. The van der Waals surface area contributed by atoms with E-state index in [-0.39, 0.29) is 6.61 Å². The van der Waals surface area contributed by atoms with Gasteiger partial charge in [-0.15, -0.1) is 0 Å². The molecule has 3 N–H and O–H groups in total. The minimum Gasteiger partial charge on any atom is -0.394 e. The minimum absolute atomic E-state index is 0.226. The molecule has 1 atom stereocenters. The first-order valence-electron chi connectivity index (χ1n) is 4.50. The van der Waals surface area contributed by atoms with Crippen LogP contribution in [-0.2, 0) is 6.54 Å². The maximum Gasteiger partial charge on any atom is 0.125 e. The average Bonchev–Trinajstić information content (AvgIpc) is 2.17. The van der Waals surface area contributed by atoms with Crippen LogP contribution in [0.3, 0.4) is 0 Å². The summed E-state index contributed by atoms with van der Waals surface area (Å²) in [6.45, 7) is 2.53. The van der Waals surface area contributed by atoms with Crippen molar-refractivity contribution in [1.82, 2.24) is 15.3 Å². The Hall–Kier alpha value is -1.04. The highest BCUT2D eigenvalue weighted by atomic mass is 16.3. The second-order valence-corrected chi connectivity index (χ2v) is 3.06. The van der Waals surface area contributed by atoms with E-state index in [2.05, 4.69) is 15.3 Å². The fraction of sp³-hybridized carbons (Fsp3) is 0.556. The summed E-state index contributed by atoms with van der Waals surface area (Å²) in [4.78, 5) is 8.15. The van der Waals surface area contributed by atoms with Crippen LogP contribution in [0, 0.1) is 6.92 Å². The van der Waals surface area contributed by atoms with Crippen molar-refractivity contribution in [3.05, 3.63) is 23.8 Å². The normalized spacial score (nSPS) is 12.8. The molecule has 0 aromatic carbocycles. The van der Waals surface area contributed by atoms with Crippen LogP contribution in [0.15, 0.2) is 12.3 Å². The van der Waals surface area contributed by atoms with Crippen molar-refractivity contribution in [3.63, 3.8) is 0 Å². The van der Waals surface area contributed by atoms with E-state index < -0.39 is 6.10 Å². The minimum atomic E-state index is -0.710. The lowest BCUT2D eigenvalue weighted by atomic mass is 10.3. The fourth-order valence-electron chi connectivity index (χ4n) is 1.03. The number of hydrogen-bond donors (Lipinski definition) is 3. The number of hydrogen-bond acceptors (Lipinski definition) is 5. The molecule has 0 fully saturated rings. The quantitative estimate of drug-likeness (QED) is 0.577. The molecule has 0 unspecified atom stereocenters. The predicted molar refractivity (Wildman–Crippen MR) is 51.6 cm³/mol. The van der Waals surface area contributed by atoms with Crippen LogP contribution in [0.25, 0.3) is 0 Å². The number of aliphatic hydroxyl groups is 2. The van der Waals surface area contributed by atoms with Crippen molar-refractivity contribution >= 4 is 0 Å². The van der Waals surface area contributed by atoms with E-state index in [9.17, 15) is 0 Å². The van der Waals surface area contributed by atoms with Gasteiger partial charge in [-0.25, -0.2) is 9.97 Å². The van der Waals surface area contributed by atoms with Gasteiger partial charge in [0.05, 0.1) is 18.4 Å². The molecule has 0 spiro atoms. The summed E-state index contributed by atoms with van der Waals surface area (Å²) in [5.41, 5.74) is 0.877. The van der Waals surface area contributed by atoms with Gasteiger partial charge in [0.2, 0.25) is 0 Å². The first-order valence-corrected chi connectivity index (χ1v) is 4.50. The van der Waals surface area contributed by atoms with Gasteiger partial charge < -0.3 is 15.5 Å². The summed E-state index contributed by atoms with van der Waals surface area (Å²) in [7, 11) is 0. The SMILES string of the molecule is Cc1nccc(CNC[C@H](O)CO)n1. The van der Waals surface area contributed by atoms with Gasteiger partial charge >= 0.3 is 0 Å². The molecule has 0 aliphatic rings. The van der Waals surface area contributed by atoms with E-state index in [4.69, 9.17) is 10.2 Å². The number of aromatic nitrogens is 2. The van der Waals surface area contributed by atoms with Crippen LogP contribution in [0.4, 0.5) is 0 Å². The average molecular weight is 197 g/mol. The van der Waals surface area contributed by atoms with Gasteiger partial charge in [0, 0.05) is 19.3 Å². The highest BCUT2D eigenvalue weighted by molar-refractivity contribution is 5.00. The Morgan fingerprint density at radius 1 is 1.57 bits per heavy atom. The van der Waals surface area contributed by atoms with Gasteiger partial charge in [-0.3, -0.25) is 0 Å². The Morgan fingerprint density at radius 3 is 3.00 bits per heavy atom. The summed E-state index contributed by atoms with van der Waals surface area (Å²) in [6.07, 6.45) is 0.986. The number of nitrogens with zero attached hydrogens (tertiary/aromatic N) is 2. The third kappa shape index (κ3) is 3.78. The lowest BCUT2D eigenvalue weighted by Crippen LogP contribution is -2.29. The van der Waals surface area contributed by atoms with Crippen molar-refractivity contribution in [2.24, 2.45) is 0 Å². The zero-order valence-corrected chi connectivity index (χ0v) is 8.14. The molecular weight excluding hydrogens is 182 g/mol. The molecule has 1 aromatic heterocycles. The Balaban J connectivity index is 2.31. The van der Waals surface area contributed by atoms with Crippen LogP contribution < -0.4 is 5.32 Å². The summed E-state index contributed by atoms with van der Waals surface area (Å²) in [5, 5.41) is 20.6. The smallest absolute Gasteiger partial charge is 0.125 e. The predicted octanol–water partition coefficient (Wildman–Crippen LogP) is -0.772. The lowest BCUT2D eigenvalue weighted by Gasteiger charge is -2.08. The van der Waals surface area contributed by atoms with Gasteiger partial charge in [-0.05, 0) is 13.0 Å². The molecule has 0 aliphatic heterocycles. The molecule has 5 nitrogen and oxygen atoms in total. The monoisotopic (exact) mass is 197 g/mol. The van der Waals surface area contributed by atoms with Crippen LogP contribution in [-0.4, -0.2) is 39.4 Å². The topological polar surface area (TPSA) is 78.3 Å². The zero-order chi connectivity index (χ0) is 10.4. The maximum atomic E-state index is 9.05. The van der Waals surface area contributed by atoms with Crippen molar-refractivity contribution < 1.29 is 10.2 Å². The fourth-order valence-corrected chi connectivity index (χ4v) is 1.03. The van der Waals surface area contributed by atoms with Crippen LogP contribution in [0.1, 0.15) is 11.5 Å². The number of aryl methyl sites for hydroxylation is 1. The third-order valence-electron chi connectivity index (χ3n) is 1.73. The molecule has 78 valence electrons. The molecule has 0 aliphatic carbocycles. The lowest BCUT2D eigenvalue weighted by molar-refractivity contribution is 0.0941. The van der Waals surface area contributed by atoms with Crippen molar-refractivity contribution in [2.75, 3.05) is 13.2 Å². The highest BCUT2D eigenvalue weighted by Gasteiger charge is 2.01.